The molecule has 0 aliphatic carbocycles. The van der Waals surface area contributed by atoms with Gasteiger partial charge in [0, 0.05) is 0 Å². The first kappa shape index (κ1) is 17.4. The van der Waals surface area contributed by atoms with Crippen molar-refractivity contribution in [3.05, 3.63) is 0 Å². The Morgan fingerprint density at radius 1 is 1.05 bits per heavy atom. The summed E-state index contributed by atoms with van der Waals surface area (Å²) in [4.78, 5) is 22.9. The summed E-state index contributed by atoms with van der Waals surface area (Å²) < 4.78 is 5.83. The van der Waals surface area contributed by atoms with Gasteiger partial charge in [0.1, 0.15) is 11.0 Å². The molecule has 1 fully saturated rings. The molecule has 0 aromatic rings. The third-order valence-corrected chi connectivity index (χ3v) is 4.13. The van der Waals surface area contributed by atoms with Crippen LogP contribution in [0.3, 0.4) is 0 Å². The predicted octanol–water partition coefficient (Wildman–Crippen LogP) is 4.23. The first-order chi connectivity index (χ1) is 8.91. The van der Waals surface area contributed by atoms with Gasteiger partial charge in [0.05, 0.1) is 0 Å². The molecule has 0 amide bonds. The third kappa shape index (κ3) is 3.53. The standard InChI is InChI=1S/C16H30O4/c1-9-16(10-2,15(8)19-20-15)12(17)18-14(6,7)11-13(3,4)5/h9-11H2,1-8H3. The molecule has 4 heteroatoms. The maximum absolute atomic E-state index is 12.7. The molecule has 0 radical (unpaired) electrons. The summed E-state index contributed by atoms with van der Waals surface area (Å²) in [7, 11) is 0. The van der Waals surface area contributed by atoms with Crippen LogP contribution in [0.4, 0.5) is 0 Å². The summed E-state index contributed by atoms with van der Waals surface area (Å²) >= 11 is 0. The fraction of sp³-hybridized carbons (Fsp3) is 0.938. The lowest BCUT2D eigenvalue weighted by atomic mass is 9.75. The SMILES string of the molecule is CCC(CC)(C(=O)OC(C)(C)CC(C)(C)C)C1(C)OO1. The van der Waals surface area contributed by atoms with Gasteiger partial charge in [0.2, 0.25) is 5.79 Å². The fourth-order valence-electron chi connectivity index (χ4n) is 3.25. The van der Waals surface area contributed by atoms with Gasteiger partial charge >= 0.3 is 5.97 Å². The number of carbonyl (C=O) groups excluding carboxylic acids is 1. The molecule has 0 bridgehead atoms. The lowest BCUT2D eigenvalue weighted by molar-refractivity contribution is -0.177. The van der Waals surface area contributed by atoms with Crippen molar-refractivity contribution < 1.29 is 19.3 Å². The van der Waals surface area contributed by atoms with Gasteiger partial charge in [-0.1, -0.05) is 34.6 Å². The normalized spacial score (nSPS) is 18.8. The molecule has 0 saturated carbocycles. The highest BCUT2D eigenvalue weighted by molar-refractivity contribution is 5.78. The van der Waals surface area contributed by atoms with E-state index in [9.17, 15) is 4.79 Å². The molecule has 0 unspecified atom stereocenters. The third-order valence-electron chi connectivity index (χ3n) is 4.13. The van der Waals surface area contributed by atoms with Crippen molar-refractivity contribution in [1.82, 2.24) is 0 Å². The fourth-order valence-corrected chi connectivity index (χ4v) is 3.25. The quantitative estimate of drug-likeness (QED) is 0.416. The lowest BCUT2D eigenvalue weighted by Gasteiger charge is -2.37. The molecule has 1 heterocycles. The van der Waals surface area contributed by atoms with E-state index < -0.39 is 16.8 Å². The molecule has 1 aliphatic heterocycles. The molecule has 1 rings (SSSR count). The Labute approximate surface area is 123 Å². The largest absolute Gasteiger partial charge is 0.459 e. The van der Waals surface area contributed by atoms with Gasteiger partial charge in [-0.15, -0.1) is 0 Å². The minimum Gasteiger partial charge on any atom is -0.459 e. The maximum Gasteiger partial charge on any atom is 0.318 e. The topological polar surface area (TPSA) is 51.4 Å². The Bertz CT molecular complexity index is 357. The van der Waals surface area contributed by atoms with Crippen molar-refractivity contribution >= 4 is 5.97 Å². The van der Waals surface area contributed by atoms with Crippen LogP contribution >= 0.6 is 0 Å². The number of carbonyl (C=O) groups is 1. The molecule has 20 heavy (non-hydrogen) atoms. The minimum atomic E-state index is -0.842. The molecular weight excluding hydrogens is 256 g/mol. The second-order valence-corrected chi connectivity index (χ2v) is 7.79. The lowest BCUT2D eigenvalue weighted by Crippen LogP contribution is -2.47. The average Bonchev–Trinajstić information content (AvgIpc) is 2.95. The second-order valence-electron chi connectivity index (χ2n) is 7.79. The predicted molar refractivity (Wildman–Crippen MR) is 77.8 cm³/mol. The summed E-state index contributed by atoms with van der Waals surface area (Å²) in [6.45, 7) is 16.1. The smallest absolute Gasteiger partial charge is 0.318 e. The van der Waals surface area contributed by atoms with E-state index in [-0.39, 0.29) is 11.4 Å². The van der Waals surface area contributed by atoms with E-state index in [4.69, 9.17) is 14.5 Å². The number of esters is 1. The van der Waals surface area contributed by atoms with E-state index in [0.29, 0.717) is 12.8 Å². The minimum absolute atomic E-state index is 0.0986. The molecule has 0 aromatic carbocycles. The molecule has 0 aromatic heterocycles. The number of hydrogen-bond acceptors (Lipinski definition) is 4. The van der Waals surface area contributed by atoms with Crippen LogP contribution < -0.4 is 0 Å². The summed E-state index contributed by atoms with van der Waals surface area (Å²) in [5.41, 5.74) is -1.14. The average molecular weight is 286 g/mol. The Morgan fingerprint density at radius 2 is 1.50 bits per heavy atom. The van der Waals surface area contributed by atoms with Crippen LogP contribution in [0.5, 0.6) is 0 Å². The van der Waals surface area contributed by atoms with Crippen molar-refractivity contribution in [2.75, 3.05) is 0 Å². The summed E-state index contributed by atoms with van der Waals surface area (Å²) in [5.74, 6) is -1.07. The zero-order chi connectivity index (χ0) is 15.8. The molecule has 4 nitrogen and oxygen atoms in total. The van der Waals surface area contributed by atoms with Crippen LogP contribution in [0.1, 0.15) is 74.7 Å². The highest BCUT2D eigenvalue weighted by atomic mass is 17.4. The van der Waals surface area contributed by atoms with Gasteiger partial charge in [0.15, 0.2) is 0 Å². The van der Waals surface area contributed by atoms with Gasteiger partial charge in [-0.25, -0.2) is 0 Å². The van der Waals surface area contributed by atoms with Crippen LogP contribution in [-0.4, -0.2) is 17.4 Å². The molecule has 0 N–H and O–H groups in total. The van der Waals surface area contributed by atoms with Gasteiger partial charge in [-0.05, 0) is 45.4 Å². The van der Waals surface area contributed by atoms with E-state index in [0.717, 1.165) is 6.42 Å². The van der Waals surface area contributed by atoms with Crippen molar-refractivity contribution in [3.63, 3.8) is 0 Å². The van der Waals surface area contributed by atoms with Crippen LogP contribution in [0, 0.1) is 10.8 Å². The van der Waals surface area contributed by atoms with Gasteiger partial charge in [0.25, 0.3) is 0 Å². The van der Waals surface area contributed by atoms with Crippen LogP contribution in [0.25, 0.3) is 0 Å². The maximum atomic E-state index is 12.7. The summed E-state index contributed by atoms with van der Waals surface area (Å²) in [6.07, 6.45) is 2.06. The Balaban J connectivity index is 2.88. The molecule has 1 aliphatic rings. The van der Waals surface area contributed by atoms with Crippen LogP contribution in [0.15, 0.2) is 0 Å². The van der Waals surface area contributed by atoms with Crippen LogP contribution in [0.2, 0.25) is 0 Å². The molecule has 0 atom stereocenters. The van der Waals surface area contributed by atoms with Crippen molar-refractivity contribution in [3.8, 4) is 0 Å². The number of ether oxygens (including phenoxy) is 1. The Kier molecular flexibility index (Phi) is 4.62. The number of hydrogen-bond donors (Lipinski definition) is 0. The highest BCUT2D eigenvalue weighted by Gasteiger charge is 2.65. The van der Waals surface area contributed by atoms with E-state index >= 15 is 0 Å². The van der Waals surface area contributed by atoms with Crippen molar-refractivity contribution in [2.24, 2.45) is 10.8 Å². The number of rotatable bonds is 6. The Hall–Kier alpha value is -0.610. The van der Waals surface area contributed by atoms with E-state index in [1.807, 2.05) is 27.7 Å². The van der Waals surface area contributed by atoms with E-state index in [1.165, 1.54) is 0 Å². The molecule has 1 saturated heterocycles. The molecule has 118 valence electrons. The first-order valence-electron chi connectivity index (χ1n) is 7.52. The van der Waals surface area contributed by atoms with Gasteiger partial charge in [-0.2, -0.15) is 9.78 Å². The van der Waals surface area contributed by atoms with Gasteiger partial charge < -0.3 is 4.74 Å². The second kappa shape index (κ2) is 5.30. The zero-order valence-electron chi connectivity index (χ0n) is 14.3. The van der Waals surface area contributed by atoms with Gasteiger partial charge in [-0.3, -0.25) is 4.79 Å². The van der Waals surface area contributed by atoms with E-state index in [1.54, 1.807) is 6.92 Å². The van der Waals surface area contributed by atoms with Crippen molar-refractivity contribution in [2.45, 2.75) is 86.0 Å². The zero-order valence-corrected chi connectivity index (χ0v) is 14.3. The Morgan fingerprint density at radius 3 is 1.80 bits per heavy atom. The van der Waals surface area contributed by atoms with E-state index in [2.05, 4.69) is 20.8 Å². The molecule has 0 spiro atoms. The summed E-state index contributed by atoms with van der Waals surface area (Å²) in [5, 5.41) is 0. The highest BCUT2D eigenvalue weighted by Crippen LogP contribution is 2.51. The first-order valence-corrected chi connectivity index (χ1v) is 7.52. The monoisotopic (exact) mass is 286 g/mol. The molecular formula is C16H30O4. The van der Waals surface area contributed by atoms with Crippen LogP contribution in [-0.2, 0) is 19.3 Å². The summed E-state index contributed by atoms with van der Waals surface area (Å²) in [6, 6.07) is 0. The van der Waals surface area contributed by atoms with Crippen molar-refractivity contribution in [1.29, 1.82) is 0 Å².